The fourth-order valence-corrected chi connectivity index (χ4v) is 1.94. The van der Waals surface area contributed by atoms with Gasteiger partial charge >= 0.3 is 0 Å². The quantitative estimate of drug-likeness (QED) is 0.937. The third-order valence-electron chi connectivity index (χ3n) is 2.91. The molecule has 2 rings (SSSR count). The molecule has 3 nitrogen and oxygen atoms in total. The number of benzene rings is 2. The fraction of sp³-hybridized carbons (Fsp3) is 0.188. The molecular weight excluding hydrogens is 276 g/mol. The van der Waals surface area contributed by atoms with E-state index in [1.54, 1.807) is 0 Å². The average Bonchev–Trinajstić information content (AvgIpc) is 2.44. The van der Waals surface area contributed by atoms with E-state index in [1.807, 2.05) is 6.07 Å². The monoisotopic (exact) mass is 289 g/mol. The van der Waals surface area contributed by atoms with E-state index in [1.165, 1.54) is 31.2 Å². The van der Waals surface area contributed by atoms with Crippen LogP contribution in [0.2, 0.25) is 0 Å². The molecule has 0 aliphatic heterocycles. The van der Waals surface area contributed by atoms with Crippen LogP contribution in [0.5, 0.6) is 5.75 Å². The van der Waals surface area contributed by atoms with E-state index < -0.39 is 17.7 Å². The summed E-state index contributed by atoms with van der Waals surface area (Å²) in [6, 6.07) is 9.51. The highest BCUT2D eigenvalue weighted by atomic mass is 19.1. The van der Waals surface area contributed by atoms with Gasteiger partial charge in [0.05, 0.1) is 17.7 Å². The summed E-state index contributed by atoms with van der Waals surface area (Å²) in [6.45, 7) is 1.51. The Morgan fingerprint density at radius 3 is 2.62 bits per heavy atom. The maximum absolute atomic E-state index is 13.3. The first-order chi connectivity index (χ1) is 9.99. The number of rotatable bonds is 4. The van der Waals surface area contributed by atoms with Crippen LogP contribution in [-0.4, -0.2) is 5.11 Å². The maximum Gasteiger partial charge on any atom is 0.128 e. The topological polar surface area (TPSA) is 53.2 Å². The van der Waals surface area contributed by atoms with Gasteiger partial charge in [-0.1, -0.05) is 0 Å². The van der Waals surface area contributed by atoms with Crippen LogP contribution >= 0.6 is 0 Å². The van der Waals surface area contributed by atoms with Crippen LogP contribution in [0, 0.1) is 23.0 Å². The molecule has 2 aromatic carbocycles. The molecule has 21 heavy (non-hydrogen) atoms. The molecule has 0 saturated heterocycles. The molecule has 0 unspecified atom stereocenters. The Morgan fingerprint density at radius 2 is 1.95 bits per heavy atom. The summed E-state index contributed by atoms with van der Waals surface area (Å²) in [4.78, 5) is 0. The van der Waals surface area contributed by atoms with Crippen molar-refractivity contribution in [1.29, 1.82) is 5.26 Å². The van der Waals surface area contributed by atoms with E-state index in [9.17, 15) is 13.9 Å². The van der Waals surface area contributed by atoms with Crippen molar-refractivity contribution in [2.75, 3.05) is 0 Å². The summed E-state index contributed by atoms with van der Waals surface area (Å²) in [5, 5.41) is 18.4. The number of aliphatic hydroxyl groups is 1. The summed E-state index contributed by atoms with van der Waals surface area (Å²) < 4.78 is 32.0. The summed E-state index contributed by atoms with van der Waals surface area (Å²) in [6.07, 6.45) is -0.817. The number of aliphatic hydroxyl groups excluding tert-OH is 1. The first kappa shape index (κ1) is 14.9. The van der Waals surface area contributed by atoms with Crippen LogP contribution in [0.25, 0.3) is 0 Å². The van der Waals surface area contributed by atoms with Crippen LogP contribution in [0.15, 0.2) is 36.4 Å². The molecule has 0 aromatic heterocycles. The van der Waals surface area contributed by atoms with Gasteiger partial charge < -0.3 is 9.84 Å². The molecule has 1 atom stereocenters. The zero-order valence-electron chi connectivity index (χ0n) is 11.3. The lowest BCUT2D eigenvalue weighted by Gasteiger charge is -2.13. The lowest BCUT2D eigenvalue weighted by molar-refractivity contribution is 0.189. The Balaban J connectivity index is 2.22. The molecule has 0 heterocycles. The Kier molecular flexibility index (Phi) is 4.51. The first-order valence-corrected chi connectivity index (χ1v) is 6.29. The number of hydrogen-bond donors (Lipinski definition) is 1. The van der Waals surface area contributed by atoms with Crippen molar-refractivity contribution < 1.29 is 18.6 Å². The van der Waals surface area contributed by atoms with Gasteiger partial charge in [-0.15, -0.1) is 0 Å². The number of nitrogens with zero attached hydrogens (tertiary/aromatic N) is 1. The van der Waals surface area contributed by atoms with Crippen molar-refractivity contribution >= 4 is 0 Å². The smallest absolute Gasteiger partial charge is 0.128 e. The van der Waals surface area contributed by atoms with Crippen LogP contribution in [-0.2, 0) is 6.61 Å². The molecule has 0 fully saturated rings. The minimum atomic E-state index is -0.817. The Bertz CT molecular complexity index is 693. The van der Waals surface area contributed by atoms with Gasteiger partial charge in [-0.2, -0.15) is 5.26 Å². The molecule has 0 bridgehead atoms. The summed E-state index contributed by atoms with van der Waals surface area (Å²) in [5.41, 5.74) is 1.07. The summed E-state index contributed by atoms with van der Waals surface area (Å²) in [7, 11) is 0. The second kappa shape index (κ2) is 6.33. The van der Waals surface area contributed by atoms with Crippen molar-refractivity contribution in [2.24, 2.45) is 0 Å². The van der Waals surface area contributed by atoms with Gasteiger partial charge in [0.15, 0.2) is 0 Å². The molecular formula is C16H13F2NO2. The maximum atomic E-state index is 13.3. The van der Waals surface area contributed by atoms with Gasteiger partial charge in [0.1, 0.15) is 24.0 Å². The van der Waals surface area contributed by atoms with Crippen molar-refractivity contribution in [3.63, 3.8) is 0 Å². The van der Waals surface area contributed by atoms with Gasteiger partial charge in [-0.05, 0) is 42.8 Å². The minimum absolute atomic E-state index is 0.0321. The summed E-state index contributed by atoms with van der Waals surface area (Å²) in [5.74, 6) is -0.846. The van der Waals surface area contributed by atoms with Crippen LogP contribution in [0.1, 0.15) is 29.7 Å². The normalized spacial score (nSPS) is 11.8. The molecule has 0 saturated carbocycles. The van der Waals surface area contributed by atoms with Gasteiger partial charge in [0.25, 0.3) is 0 Å². The third kappa shape index (κ3) is 3.77. The molecule has 0 aliphatic carbocycles. The molecule has 0 aliphatic rings. The van der Waals surface area contributed by atoms with Crippen LogP contribution < -0.4 is 4.74 Å². The van der Waals surface area contributed by atoms with E-state index in [2.05, 4.69) is 0 Å². The van der Waals surface area contributed by atoms with E-state index in [0.29, 0.717) is 11.1 Å². The molecule has 2 aromatic rings. The number of ether oxygens (including phenoxy) is 1. The number of hydrogen-bond acceptors (Lipinski definition) is 3. The Morgan fingerprint density at radius 1 is 1.19 bits per heavy atom. The van der Waals surface area contributed by atoms with Crippen LogP contribution in [0.4, 0.5) is 8.78 Å². The van der Waals surface area contributed by atoms with Gasteiger partial charge in [-0.3, -0.25) is 0 Å². The second-order valence-corrected chi connectivity index (χ2v) is 4.61. The zero-order chi connectivity index (χ0) is 15.4. The van der Waals surface area contributed by atoms with Crippen molar-refractivity contribution in [3.05, 3.63) is 64.7 Å². The van der Waals surface area contributed by atoms with Crippen molar-refractivity contribution in [2.45, 2.75) is 19.6 Å². The van der Waals surface area contributed by atoms with Crippen molar-refractivity contribution in [1.82, 2.24) is 0 Å². The zero-order valence-corrected chi connectivity index (χ0v) is 11.3. The molecule has 0 radical (unpaired) electrons. The van der Waals surface area contributed by atoms with Gasteiger partial charge in [0, 0.05) is 11.6 Å². The lowest BCUT2D eigenvalue weighted by atomic mass is 10.1. The van der Waals surface area contributed by atoms with E-state index in [4.69, 9.17) is 10.00 Å². The predicted octanol–water partition coefficient (Wildman–Crippen LogP) is 3.47. The molecule has 0 spiro atoms. The number of nitriles is 1. The molecule has 108 valence electrons. The lowest BCUT2D eigenvalue weighted by Crippen LogP contribution is -2.02. The highest BCUT2D eigenvalue weighted by Gasteiger charge is 2.11. The first-order valence-electron chi connectivity index (χ1n) is 6.29. The summed E-state index contributed by atoms with van der Waals surface area (Å²) >= 11 is 0. The fourth-order valence-electron chi connectivity index (χ4n) is 1.94. The second-order valence-electron chi connectivity index (χ2n) is 4.61. The van der Waals surface area contributed by atoms with E-state index in [0.717, 1.165) is 12.1 Å². The third-order valence-corrected chi connectivity index (χ3v) is 2.91. The van der Waals surface area contributed by atoms with E-state index in [-0.39, 0.29) is 17.9 Å². The Hall–Kier alpha value is -2.45. The van der Waals surface area contributed by atoms with E-state index >= 15 is 0 Å². The highest BCUT2D eigenvalue weighted by molar-refractivity contribution is 5.37. The molecule has 0 amide bonds. The van der Waals surface area contributed by atoms with Crippen molar-refractivity contribution in [3.8, 4) is 11.8 Å². The largest absolute Gasteiger partial charge is 0.488 e. The predicted molar refractivity (Wildman–Crippen MR) is 72.5 cm³/mol. The van der Waals surface area contributed by atoms with Gasteiger partial charge in [0.2, 0.25) is 0 Å². The standard InChI is InChI=1S/C16H13F2NO2/c1-10(20)15-3-2-13(17)7-16(15)21-9-12-4-11(8-19)5-14(18)6-12/h2-7,10,20H,9H2,1H3/t10-/m1/s1. The number of halogens is 2. The molecule has 1 N–H and O–H groups in total. The average molecular weight is 289 g/mol. The SMILES string of the molecule is C[C@@H](O)c1ccc(F)cc1OCc1cc(F)cc(C#N)c1. The minimum Gasteiger partial charge on any atom is -0.488 e. The van der Waals surface area contributed by atoms with Crippen LogP contribution in [0.3, 0.4) is 0 Å². The van der Waals surface area contributed by atoms with Gasteiger partial charge in [-0.25, -0.2) is 8.78 Å². The highest BCUT2D eigenvalue weighted by Crippen LogP contribution is 2.27. The Labute approximate surface area is 121 Å². The molecule has 5 heteroatoms.